The van der Waals surface area contributed by atoms with Crippen LogP contribution in [0, 0.1) is 5.92 Å². The van der Waals surface area contributed by atoms with E-state index in [4.69, 9.17) is 9.47 Å². The van der Waals surface area contributed by atoms with E-state index in [1.807, 2.05) is 6.07 Å². The summed E-state index contributed by atoms with van der Waals surface area (Å²) in [6.07, 6.45) is 2.27. The Hall–Kier alpha value is -1.26. The summed E-state index contributed by atoms with van der Waals surface area (Å²) in [6, 6.07) is 6.81. The predicted molar refractivity (Wildman–Crippen MR) is 90.9 cm³/mol. The molecule has 2 unspecified atom stereocenters. The Morgan fingerprint density at radius 3 is 2.64 bits per heavy atom. The second-order valence-corrected chi connectivity index (χ2v) is 6.16. The van der Waals surface area contributed by atoms with Gasteiger partial charge in [0.25, 0.3) is 0 Å². The quantitative estimate of drug-likeness (QED) is 0.839. The van der Waals surface area contributed by atoms with E-state index in [9.17, 15) is 0 Å². The Balaban J connectivity index is 1.81. The van der Waals surface area contributed by atoms with Crippen molar-refractivity contribution in [2.45, 2.75) is 32.7 Å². The Labute approximate surface area is 134 Å². The van der Waals surface area contributed by atoms with E-state index < -0.39 is 0 Å². The lowest BCUT2D eigenvalue weighted by molar-refractivity contribution is 0.154. The highest BCUT2D eigenvalue weighted by molar-refractivity contribution is 5.42. The van der Waals surface area contributed by atoms with Crippen molar-refractivity contribution in [1.82, 2.24) is 10.2 Å². The molecule has 1 aliphatic rings. The average molecular weight is 306 g/mol. The van der Waals surface area contributed by atoms with Gasteiger partial charge in [0.1, 0.15) is 0 Å². The standard InChI is InChI=1S/C18H30N2O2/c1-5-20-11-9-16(14(2)13-20)19-10-8-15-6-7-17(21-3)18(12-15)22-4/h6-7,12,14,16,19H,5,8-11,13H2,1-4H3. The van der Waals surface area contributed by atoms with Crippen LogP contribution in [0.15, 0.2) is 18.2 Å². The maximum atomic E-state index is 5.36. The Morgan fingerprint density at radius 2 is 2.00 bits per heavy atom. The molecule has 0 amide bonds. The van der Waals surface area contributed by atoms with Gasteiger partial charge in [0.2, 0.25) is 0 Å². The lowest BCUT2D eigenvalue weighted by Gasteiger charge is -2.37. The molecule has 2 atom stereocenters. The van der Waals surface area contributed by atoms with Crippen LogP contribution in [0.25, 0.3) is 0 Å². The average Bonchev–Trinajstić information content (AvgIpc) is 2.56. The summed E-state index contributed by atoms with van der Waals surface area (Å²) in [5, 5.41) is 3.73. The van der Waals surface area contributed by atoms with Crippen LogP contribution in [0.2, 0.25) is 0 Å². The molecule has 1 aromatic carbocycles. The van der Waals surface area contributed by atoms with Gasteiger partial charge in [-0.15, -0.1) is 0 Å². The first-order valence-electron chi connectivity index (χ1n) is 8.34. The van der Waals surface area contributed by atoms with Gasteiger partial charge in [0.05, 0.1) is 14.2 Å². The van der Waals surface area contributed by atoms with Crippen LogP contribution in [0.4, 0.5) is 0 Å². The molecule has 1 saturated heterocycles. The number of nitrogens with one attached hydrogen (secondary N) is 1. The maximum absolute atomic E-state index is 5.36. The molecule has 1 heterocycles. The predicted octanol–water partition coefficient (Wildman–Crippen LogP) is 2.57. The largest absolute Gasteiger partial charge is 0.493 e. The number of ether oxygens (including phenoxy) is 2. The molecule has 0 aliphatic carbocycles. The molecule has 0 radical (unpaired) electrons. The van der Waals surface area contributed by atoms with Gasteiger partial charge in [-0.1, -0.05) is 19.9 Å². The molecule has 1 fully saturated rings. The Kier molecular flexibility index (Phi) is 6.52. The third kappa shape index (κ3) is 4.37. The van der Waals surface area contributed by atoms with Gasteiger partial charge in [-0.05, 0) is 56.1 Å². The van der Waals surface area contributed by atoms with E-state index in [0.717, 1.165) is 30.4 Å². The van der Waals surface area contributed by atoms with Crippen LogP contribution in [0.3, 0.4) is 0 Å². The van der Waals surface area contributed by atoms with E-state index >= 15 is 0 Å². The number of hydrogen-bond acceptors (Lipinski definition) is 4. The highest BCUT2D eigenvalue weighted by Crippen LogP contribution is 2.27. The van der Waals surface area contributed by atoms with Crippen LogP contribution < -0.4 is 14.8 Å². The fourth-order valence-corrected chi connectivity index (χ4v) is 3.26. The smallest absolute Gasteiger partial charge is 0.160 e. The summed E-state index contributed by atoms with van der Waals surface area (Å²) in [6.45, 7) is 9.21. The first-order chi connectivity index (χ1) is 10.7. The summed E-state index contributed by atoms with van der Waals surface area (Å²) in [5.74, 6) is 2.32. The highest BCUT2D eigenvalue weighted by Gasteiger charge is 2.24. The first-order valence-corrected chi connectivity index (χ1v) is 8.34. The van der Waals surface area contributed by atoms with E-state index in [0.29, 0.717) is 6.04 Å². The minimum Gasteiger partial charge on any atom is -0.493 e. The molecule has 4 nitrogen and oxygen atoms in total. The van der Waals surface area contributed by atoms with Crippen molar-refractivity contribution in [2.24, 2.45) is 5.92 Å². The minimum atomic E-state index is 0.642. The summed E-state index contributed by atoms with van der Waals surface area (Å²) in [7, 11) is 3.35. The molecule has 124 valence electrons. The van der Waals surface area contributed by atoms with Gasteiger partial charge >= 0.3 is 0 Å². The van der Waals surface area contributed by atoms with Crippen molar-refractivity contribution in [2.75, 3.05) is 40.4 Å². The van der Waals surface area contributed by atoms with Crippen LogP contribution in [-0.4, -0.2) is 51.3 Å². The summed E-state index contributed by atoms with van der Waals surface area (Å²) >= 11 is 0. The zero-order valence-corrected chi connectivity index (χ0v) is 14.4. The van der Waals surface area contributed by atoms with Gasteiger partial charge in [-0.3, -0.25) is 0 Å². The first kappa shape index (κ1) is 17.1. The zero-order valence-electron chi connectivity index (χ0n) is 14.4. The van der Waals surface area contributed by atoms with Crippen LogP contribution in [0.5, 0.6) is 11.5 Å². The number of rotatable bonds is 7. The molecule has 4 heteroatoms. The Bertz CT molecular complexity index is 464. The van der Waals surface area contributed by atoms with Crippen molar-refractivity contribution < 1.29 is 9.47 Å². The number of likely N-dealkylation sites (tertiary alicyclic amines) is 1. The Morgan fingerprint density at radius 1 is 1.23 bits per heavy atom. The van der Waals surface area contributed by atoms with Crippen molar-refractivity contribution >= 4 is 0 Å². The number of methoxy groups -OCH3 is 2. The lowest BCUT2D eigenvalue weighted by atomic mass is 9.93. The van der Waals surface area contributed by atoms with Gasteiger partial charge in [0, 0.05) is 12.6 Å². The monoisotopic (exact) mass is 306 g/mol. The molecule has 0 bridgehead atoms. The molecule has 1 aromatic rings. The van der Waals surface area contributed by atoms with Crippen molar-refractivity contribution in [3.8, 4) is 11.5 Å². The summed E-state index contributed by atoms with van der Waals surface area (Å²) < 4.78 is 10.6. The van der Waals surface area contributed by atoms with Crippen LogP contribution in [-0.2, 0) is 6.42 Å². The minimum absolute atomic E-state index is 0.642. The third-order valence-electron chi connectivity index (χ3n) is 4.70. The van der Waals surface area contributed by atoms with Gasteiger partial charge in [-0.2, -0.15) is 0 Å². The van der Waals surface area contributed by atoms with Crippen molar-refractivity contribution in [1.29, 1.82) is 0 Å². The second-order valence-electron chi connectivity index (χ2n) is 6.16. The van der Waals surface area contributed by atoms with E-state index in [-0.39, 0.29) is 0 Å². The normalized spacial score (nSPS) is 22.5. The zero-order chi connectivity index (χ0) is 15.9. The van der Waals surface area contributed by atoms with Gasteiger partial charge in [-0.25, -0.2) is 0 Å². The van der Waals surface area contributed by atoms with Crippen molar-refractivity contribution in [3.63, 3.8) is 0 Å². The van der Waals surface area contributed by atoms with Crippen LogP contribution >= 0.6 is 0 Å². The van der Waals surface area contributed by atoms with E-state index in [1.54, 1.807) is 14.2 Å². The molecule has 0 saturated carbocycles. The topological polar surface area (TPSA) is 33.7 Å². The van der Waals surface area contributed by atoms with Gasteiger partial charge < -0.3 is 19.7 Å². The summed E-state index contributed by atoms with van der Waals surface area (Å²) in [4.78, 5) is 2.54. The maximum Gasteiger partial charge on any atom is 0.160 e. The number of benzene rings is 1. The lowest BCUT2D eigenvalue weighted by Crippen LogP contribution is -2.48. The van der Waals surface area contributed by atoms with E-state index in [2.05, 4.69) is 36.2 Å². The van der Waals surface area contributed by atoms with Crippen LogP contribution in [0.1, 0.15) is 25.8 Å². The second kappa shape index (κ2) is 8.39. The molecule has 0 spiro atoms. The summed E-state index contributed by atoms with van der Waals surface area (Å²) in [5.41, 5.74) is 1.28. The molecular formula is C18H30N2O2. The molecule has 22 heavy (non-hydrogen) atoms. The molecule has 2 rings (SSSR count). The molecule has 1 aliphatic heterocycles. The van der Waals surface area contributed by atoms with Gasteiger partial charge in [0.15, 0.2) is 11.5 Å². The van der Waals surface area contributed by atoms with Crippen molar-refractivity contribution in [3.05, 3.63) is 23.8 Å². The molecular weight excluding hydrogens is 276 g/mol. The fourth-order valence-electron chi connectivity index (χ4n) is 3.26. The van der Waals surface area contributed by atoms with E-state index in [1.165, 1.54) is 31.6 Å². The number of piperidine rings is 1. The highest BCUT2D eigenvalue weighted by atomic mass is 16.5. The SMILES string of the molecule is CCN1CCC(NCCc2ccc(OC)c(OC)c2)C(C)C1. The number of hydrogen-bond donors (Lipinski definition) is 1. The third-order valence-corrected chi connectivity index (χ3v) is 4.70. The fraction of sp³-hybridized carbons (Fsp3) is 0.667. The number of nitrogens with zero attached hydrogens (tertiary/aromatic N) is 1. The molecule has 1 N–H and O–H groups in total. The molecule has 0 aromatic heterocycles.